The van der Waals surface area contributed by atoms with Crippen molar-refractivity contribution in [3.8, 4) is 0 Å². The number of carbonyl (C=O) groups is 2. The molecule has 2 amide bonds. The standard InChI is InChI=1S/C24H23F4N3O2/c1-29-22(32)15-9-8-14(11-18(15)26)12-31-13-16(21-17(25)5-4-6-19(21)31)23(33)30-20-7-2-3-10-24(20,27)28/h4-6,8-9,11,13,20H,2-3,7,10,12H2,1H3,(H,29,32)(H,30,33). The fourth-order valence-electron chi connectivity index (χ4n) is 4.29. The minimum atomic E-state index is -3.02. The predicted octanol–water partition coefficient (Wildman–Crippen LogP) is 4.64. The van der Waals surface area contributed by atoms with Crippen molar-refractivity contribution in [2.75, 3.05) is 7.05 Å². The van der Waals surface area contributed by atoms with E-state index in [9.17, 15) is 27.2 Å². The van der Waals surface area contributed by atoms with Crippen molar-refractivity contribution in [2.24, 2.45) is 0 Å². The summed E-state index contributed by atoms with van der Waals surface area (Å²) in [5.74, 6) is -5.74. The van der Waals surface area contributed by atoms with Crippen LogP contribution in [0.15, 0.2) is 42.6 Å². The summed E-state index contributed by atoms with van der Waals surface area (Å²) in [6, 6.07) is 7.04. The monoisotopic (exact) mass is 461 g/mol. The summed E-state index contributed by atoms with van der Waals surface area (Å²) < 4.78 is 59.1. The quantitative estimate of drug-likeness (QED) is 0.544. The molecule has 1 saturated carbocycles. The van der Waals surface area contributed by atoms with Gasteiger partial charge in [-0.15, -0.1) is 0 Å². The second kappa shape index (κ2) is 8.88. The summed E-state index contributed by atoms with van der Waals surface area (Å²) >= 11 is 0. The fourth-order valence-corrected chi connectivity index (χ4v) is 4.29. The van der Waals surface area contributed by atoms with E-state index in [2.05, 4.69) is 10.6 Å². The second-order valence-electron chi connectivity index (χ2n) is 8.23. The lowest BCUT2D eigenvalue weighted by Gasteiger charge is -2.31. The maximum Gasteiger partial charge on any atom is 0.267 e. The van der Waals surface area contributed by atoms with E-state index in [4.69, 9.17) is 0 Å². The summed E-state index contributed by atoms with van der Waals surface area (Å²) in [6.45, 7) is 0.0811. The van der Waals surface area contributed by atoms with E-state index in [-0.39, 0.29) is 35.9 Å². The molecule has 0 bridgehead atoms. The number of alkyl halides is 2. The van der Waals surface area contributed by atoms with Crippen LogP contribution >= 0.6 is 0 Å². The molecule has 0 radical (unpaired) electrons. The van der Waals surface area contributed by atoms with E-state index in [1.807, 2.05) is 0 Å². The molecule has 1 unspecified atom stereocenters. The smallest absolute Gasteiger partial charge is 0.267 e. The van der Waals surface area contributed by atoms with Crippen LogP contribution in [0.25, 0.3) is 10.9 Å². The number of benzene rings is 2. The summed E-state index contributed by atoms with van der Waals surface area (Å²) in [5.41, 5.74) is 0.670. The average Bonchev–Trinajstić information content (AvgIpc) is 3.14. The molecule has 33 heavy (non-hydrogen) atoms. The predicted molar refractivity (Wildman–Crippen MR) is 115 cm³/mol. The maximum absolute atomic E-state index is 14.7. The van der Waals surface area contributed by atoms with E-state index in [1.54, 1.807) is 16.7 Å². The van der Waals surface area contributed by atoms with Gasteiger partial charge in [0, 0.05) is 31.6 Å². The van der Waals surface area contributed by atoms with Crippen molar-refractivity contribution in [1.29, 1.82) is 0 Å². The van der Waals surface area contributed by atoms with Crippen LogP contribution in [0.2, 0.25) is 0 Å². The summed E-state index contributed by atoms with van der Waals surface area (Å²) in [6.07, 6.45) is 2.20. The van der Waals surface area contributed by atoms with Crippen LogP contribution in [0.4, 0.5) is 17.6 Å². The van der Waals surface area contributed by atoms with Crippen LogP contribution in [-0.2, 0) is 6.54 Å². The van der Waals surface area contributed by atoms with Crippen LogP contribution in [0.5, 0.6) is 0 Å². The Morgan fingerprint density at radius 1 is 1.06 bits per heavy atom. The maximum atomic E-state index is 14.7. The molecule has 0 aliphatic heterocycles. The lowest BCUT2D eigenvalue weighted by atomic mass is 9.91. The third-order valence-corrected chi connectivity index (χ3v) is 6.03. The van der Waals surface area contributed by atoms with E-state index in [0.717, 1.165) is 0 Å². The molecule has 0 saturated heterocycles. The molecule has 4 rings (SSSR count). The number of hydrogen-bond acceptors (Lipinski definition) is 2. The average molecular weight is 461 g/mol. The second-order valence-corrected chi connectivity index (χ2v) is 8.23. The van der Waals surface area contributed by atoms with E-state index in [0.29, 0.717) is 23.9 Å². The van der Waals surface area contributed by atoms with E-state index in [1.165, 1.54) is 37.5 Å². The zero-order valence-electron chi connectivity index (χ0n) is 17.9. The number of amides is 2. The third kappa shape index (κ3) is 4.44. The van der Waals surface area contributed by atoms with Gasteiger partial charge in [-0.3, -0.25) is 9.59 Å². The number of fused-ring (bicyclic) bond motifs is 1. The van der Waals surface area contributed by atoms with Crippen molar-refractivity contribution in [3.63, 3.8) is 0 Å². The van der Waals surface area contributed by atoms with Gasteiger partial charge in [0.1, 0.15) is 11.6 Å². The molecule has 1 heterocycles. The zero-order valence-corrected chi connectivity index (χ0v) is 17.9. The number of carbonyl (C=O) groups excluding carboxylic acids is 2. The first-order chi connectivity index (χ1) is 15.7. The summed E-state index contributed by atoms with van der Waals surface area (Å²) in [4.78, 5) is 24.6. The fraction of sp³-hybridized carbons (Fsp3) is 0.333. The van der Waals surface area contributed by atoms with Crippen molar-refractivity contribution in [1.82, 2.24) is 15.2 Å². The van der Waals surface area contributed by atoms with Gasteiger partial charge in [-0.05, 0) is 42.7 Å². The molecule has 5 nitrogen and oxygen atoms in total. The molecule has 2 N–H and O–H groups in total. The minimum Gasteiger partial charge on any atom is -0.355 e. The molecule has 9 heteroatoms. The van der Waals surface area contributed by atoms with E-state index < -0.39 is 35.4 Å². The Morgan fingerprint density at radius 2 is 1.85 bits per heavy atom. The van der Waals surface area contributed by atoms with Gasteiger partial charge in [-0.2, -0.15) is 0 Å². The van der Waals surface area contributed by atoms with Crippen molar-refractivity contribution < 1.29 is 27.2 Å². The first-order valence-corrected chi connectivity index (χ1v) is 10.7. The van der Waals surface area contributed by atoms with Crippen LogP contribution in [0, 0.1) is 11.6 Å². The number of nitrogens with one attached hydrogen (secondary N) is 2. The Kier molecular flexibility index (Phi) is 6.14. The lowest BCUT2D eigenvalue weighted by molar-refractivity contribution is -0.0609. The van der Waals surface area contributed by atoms with E-state index >= 15 is 0 Å². The van der Waals surface area contributed by atoms with Crippen molar-refractivity contribution in [3.05, 3.63) is 70.9 Å². The Labute approximate surface area is 187 Å². The van der Waals surface area contributed by atoms with Gasteiger partial charge >= 0.3 is 0 Å². The molecule has 1 atom stereocenters. The molecule has 174 valence electrons. The van der Waals surface area contributed by atoms with Gasteiger partial charge < -0.3 is 15.2 Å². The van der Waals surface area contributed by atoms with Gasteiger partial charge in [0.25, 0.3) is 17.7 Å². The molecular weight excluding hydrogens is 438 g/mol. The molecule has 0 spiro atoms. The van der Waals surface area contributed by atoms with Crippen molar-refractivity contribution in [2.45, 2.75) is 44.2 Å². The first kappa shape index (κ1) is 22.8. The zero-order chi connectivity index (χ0) is 23.8. The van der Waals surface area contributed by atoms with Gasteiger partial charge in [-0.1, -0.05) is 18.6 Å². The number of aromatic nitrogens is 1. The van der Waals surface area contributed by atoms with Crippen LogP contribution in [0.1, 0.15) is 52.0 Å². The van der Waals surface area contributed by atoms with Crippen LogP contribution in [-0.4, -0.2) is 35.4 Å². The Bertz CT molecular complexity index is 1220. The highest BCUT2D eigenvalue weighted by Gasteiger charge is 2.42. The van der Waals surface area contributed by atoms with Crippen LogP contribution in [0.3, 0.4) is 0 Å². The third-order valence-electron chi connectivity index (χ3n) is 6.03. The normalized spacial score (nSPS) is 17.7. The number of halogens is 4. The molecular formula is C24H23F4N3O2. The summed E-state index contributed by atoms with van der Waals surface area (Å²) in [7, 11) is 1.39. The molecule has 3 aromatic rings. The number of rotatable bonds is 5. The highest BCUT2D eigenvalue weighted by Crippen LogP contribution is 2.34. The van der Waals surface area contributed by atoms with Gasteiger partial charge in [0.05, 0.1) is 22.7 Å². The highest BCUT2D eigenvalue weighted by molar-refractivity contribution is 6.07. The van der Waals surface area contributed by atoms with Gasteiger partial charge in [0.15, 0.2) is 0 Å². The van der Waals surface area contributed by atoms with Crippen LogP contribution < -0.4 is 10.6 Å². The Hall–Kier alpha value is -3.36. The van der Waals surface area contributed by atoms with Gasteiger partial charge in [0.2, 0.25) is 0 Å². The number of nitrogens with zero attached hydrogens (tertiary/aromatic N) is 1. The van der Waals surface area contributed by atoms with Gasteiger partial charge in [-0.25, -0.2) is 17.6 Å². The topological polar surface area (TPSA) is 63.1 Å². The van der Waals surface area contributed by atoms with Crippen molar-refractivity contribution >= 4 is 22.7 Å². The molecule has 2 aromatic carbocycles. The lowest BCUT2D eigenvalue weighted by Crippen LogP contribution is -2.49. The molecule has 1 fully saturated rings. The minimum absolute atomic E-state index is 0.0107. The first-order valence-electron chi connectivity index (χ1n) is 10.7. The number of hydrogen-bond donors (Lipinski definition) is 2. The molecule has 1 aliphatic carbocycles. The summed E-state index contributed by atoms with van der Waals surface area (Å²) in [5, 5.41) is 4.75. The molecule has 1 aliphatic rings. The largest absolute Gasteiger partial charge is 0.355 e. The highest BCUT2D eigenvalue weighted by atomic mass is 19.3. The Balaban J connectivity index is 1.67. The Morgan fingerprint density at radius 3 is 2.55 bits per heavy atom. The molecule has 1 aromatic heterocycles. The SMILES string of the molecule is CNC(=O)c1ccc(Cn2cc(C(=O)NC3CCCCC3(F)F)c3c(F)cccc32)cc1F.